The van der Waals surface area contributed by atoms with E-state index >= 15 is 0 Å². The van der Waals surface area contributed by atoms with Crippen molar-refractivity contribution in [1.29, 1.82) is 0 Å². The lowest BCUT2D eigenvalue weighted by atomic mass is 10.1. The topological polar surface area (TPSA) is 71.3 Å². The molecule has 0 bridgehead atoms. The Morgan fingerprint density at radius 2 is 2.29 bits per heavy atom. The number of hydrogen-bond donors (Lipinski definition) is 1. The number of nitrogens with zero attached hydrogens (tertiary/aromatic N) is 3. The summed E-state index contributed by atoms with van der Waals surface area (Å²) >= 11 is 0. The van der Waals surface area contributed by atoms with Gasteiger partial charge in [-0.3, -0.25) is 4.79 Å². The Kier molecular flexibility index (Phi) is 3.60. The van der Waals surface area contributed by atoms with Crippen LogP contribution in [0.2, 0.25) is 0 Å². The molecule has 1 amide bonds. The van der Waals surface area contributed by atoms with Crippen molar-refractivity contribution >= 4 is 17.4 Å². The molecule has 2 aromatic rings. The minimum Gasteiger partial charge on any atom is -0.367 e. The Bertz CT molecular complexity index is 665. The van der Waals surface area contributed by atoms with Gasteiger partial charge < -0.3 is 14.7 Å². The summed E-state index contributed by atoms with van der Waals surface area (Å²) in [6, 6.07) is 3.86. The number of hydrogen-bond acceptors (Lipinski definition) is 5. The van der Waals surface area contributed by atoms with Crippen molar-refractivity contribution in [2.24, 2.45) is 0 Å². The molecule has 0 spiro atoms. The first-order chi connectivity index (χ1) is 10.1. The van der Waals surface area contributed by atoms with E-state index in [0.29, 0.717) is 19.4 Å². The summed E-state index contributed by atoms with van der Waals surface area (Å²) in [6.07, 6.45) is 2.81. The van der Waals surface area contributed by atoms with Crippen LogP contribution in [0.4, 0.5) is 11.5 Å². The molecule has 0 saturated heterocycles. The second-order valence-corrected chi connectivity index (χ2v) is 5.28. The Morgan fingerprint density at radius 1 is 1.43 bits per heavy atom. The highest BCUT2D eigenvalue weighted by Crippen LogP contribution is 2.28. The van der Waals surface area contributed by atoms with Gasteiger partial charge in [0, 0.05) is 38.2 Å². The van der Waals surface area contributed by atoms with E-state index in [1.165, 1.54) is 0 Å². The molecule has 6 heteroatoms. The zero-order valence-corrected chi connectivity index (χ0v) is 12.2. The van der Waals surface area contributed by atoms with Crippen LogP contribution in [-0.4, -0.2) is 29.1 Å². The quantitative estimate of drug-likeness (QED) is 0.935. The molecule has 0 fully saturated rings. The number of carbonyl (C=O) groups is 1. The molecule has 6 nitrogen and oxygen atoms in total. The second kappa shape index (κ2) is 5.55. The SMILES string of the molecule is Cc1cnc2c(c1)N(C(=O)CCc1cc(C)on1)CCN2. The van der Waals surface area contributed by atoms with Crippen LogP contribution in [0.25, 0.3) is 0 Å². The van der Waals surface area contributed by atoms with Gasteiger partial charge in [0.1, 0.15) is 11.6 Å². The van der Waals surface area contributed by atoms with Crippen LogP contribution in [0.1, 0.15) is 23.4 Å². The predicted octanol–water partition coefficient (Wildman–Crippen LogP) is 2.08. The van der Waals surface area contributed by atoms with E-state index < -0.39 is 0 Å². The van der Waals surface area contributed by atoms with E-state index in [1.807, 2.05) is 26.0 Å². The first-order valence-corrected chi connectivity index (χ1v) is 7.06. The summed E-state index contributed by atoms with van der Waals surface area (Å²) in [5, 5.41) is 7.14. The average Bonchev–Trinajstić information content (AvgIpc) is 2.89. The summed E-state index contributed by atoms with van der Waals surface area (Å²) in [4.78, 5) is 18.6. The molecular formula is C15H18N4O2. The van der Waals surface area contributed by atoms with Gasteiger partial charge in [0.05, 0.1) is 11.4 Å². The Labute approximate surface area is 123 Å². The third kappa shape index (κ3) is 2.89. The highest BCUT2D eigenvalue weighted by atomic mass is 16.5. The monoisotopic (exact) mass is 286 g/mol. The molecule has 3 heterocycles. The van der Waals surface area contributed by atoms with Crippen molar-refractivity contribution < 1.29 is 9.32 Å². The van der Waals surface area contributed by atoms with Crippen LogP contribution in [0.15, 0.2) is 22.9 Å². The summed E-state index contributed by atoms with van der Waals surface area (Å²) in [6.45, 7) is 5.20. The van der Waals surface area contributed by atoms with E-state index in [1.54, 1.807) is 11.1 Å². The Hall–Kier alpha value is -2.37. The standard InChI is InChI=1S/C15H18N4O2/c1-10-7-13-15(17-9-10)16-5-6-19(13)14(20)4-3-12-8-11(2)21-18-12/h7-9H,3-6H2,1-2H3,(H,16,17). The van der Waals surface area contributed by atoms with Crippen LogP contribution in [0.3, 0.4) is 0 Å². The molecule has 0 atom stereocenters. The first-order valence-electron chi connectivity index (χ1n) is 7.06. The molecular weight excluding hydrogens is 268 g/mol. The average molecular weight is 286 g/mol. The molecule has 1 aliphatic heterocycles. The van der Waals surface area contributed by atoms with E-state index in [0.717, 1.165) is 35.1 Å². The maximum atomic E-state index is 12.5. The van der Waals surface area contributed by atoms with Crippen LogP contribution in [-0.2, 0) is 11.2 Å². The molecule has 0 aliphatic carbocycles. The van der Waals surface area contributed by atoms with Gasteiger partial charge in [-0.1, -0.05) is 5.16 Å². The van der Waals surface area contributed by atoms with Gasteiger partial charge in [-0.2, -0.15) is 0 Å². The van der Waals surface area contributed by atoms with Gasteiger partial charge in [-0.25, -0.2) is 4.98 Å². The lowest BCUT2D eigenvalue weighted by Gasteiger charge is -2.29. The fourth-order valence-electron chi connectivity index (χ4n) is 2.47. The van der Waals surface area contributed by atoms with Gasteiger partial charge in [0.2, 0.25) is 5.91 Å². The fraction of sp³-hybridized carbons (Fsp3) is 0.400. The van der Waals surface area contributed by atoms with Gasteiger partial charge in [-0.05, 0) is 25.5 Å². The maximum absolute atomic E-state index is 12.5. The van der Waals surface area contributed by atoms with Crippen LogP contribution >= 0.6 is 0 Å². The number of amides is 1. The van der Waals surface area contributed by atoms with Crippen LogP contribution < -0.4 is 10.2 Å². The van der Waals surface area contributed by atoms with Gasteiger partial charge in [-0.15, -0.1) is 0 Å². The number of fused-ring (bicyclic) bond motifs is 1. The normalized spacial score (nSPS) is 13.7. The molecule has 0 unspecified atom stereocenters. The van der Waals surface area contributed by atoms with Crippen molar-refractivity contribution in [3.05, 3.63) is 35.3 Å². The molecule has 0 aromatic carbocycles. The third-order valence-electron chi connectivity index (χ3n) is 3.50. The Morgan fingerprint density at radius 3 is 3.05 bits per heavy atom. The van der Waals surface area contributed by atoms with Crippen molar-refractivity contribution in [2.75, 3.05) is 23.3 Å². The number of pyridine rings is 1. The maximum Gasteiger partial charge on any atom is 0.227 e. The molecule has 2 aromatic heterocycles. The van der Waals surface area contributed by atoms with Crippen molar-refractivity contribution in [3.63, 3.8) is 0 Å². The van der Waals surface area contributed by atoms with Crippen molar-refractivity contribution in [2.45, 2.75) is 26.7 Å². The molecule has 21 heavy (non-hydrogen) atoms. The zero-order chi connectivity index (χ0) is 14.8. The highest BCUT2D eigenvalue weighted by molar-refractivity contribution is 5.97. The Balaban J connectivity index is 1.72. The lowest BCUT2D eigenvalue weighted by molar-refractivity contribution is -0.118. The number of aromatic nitrogens is 2. The van der Waals surface area contributed by atoms with Gasteiger partial charge in [0.25, 0.3) is 0 Å². The molecule has 0 radical (unpaired) electrons. The molecule has 3 rings (SSSR count). The zero-order valence-electron chi connectivity index (χ0n) is 12.2. The van der Waals surface area contributed by atoms with Crippen LogP contribution in [0, 0.1) is 13.8 Å². The number of aryl methyl sites for hydroxylation is 3. The number of anilines is 2. The van der Waals surface area contributed by atoms with Gasteiger partial charge >= 0.3 is 0 Å². The minimum atomic E-state index is 0.0887. The molecule has 0 saturated carbocycles. The molecule has 1 N–H and O–H groups in total. The summed E-state index contributed by atoms with van der Waals surface area (Å²) in [7, 11) is 0. The smallest absolute Gasteiger partial charge is 0.227 e. The summed E-state index contributed by atoms with van der Waals surface area (Å²) < 4.78 is 5.02. The largest absolute Gasteiger partial charge is 0.367 e. The minimum absolute atomic E-state index is 0.0887. The van der Waals surface area contributed by atoms with Crippen LogP contribution in [0.5, 0.6) is 0 Å². The third-order valence-corrected chi connectivity index (χ3v) is 3.50. The second-order valence-electron chi connectivity index (χ2n) is 5.28. The number of rotatable bonds is 3. The number of nitrogens with one attached hydrogen (secondary N) is 1. The van der Waals surface area contributed by atoms with Crippen molar-refractivity contribution in [3.8, 4) is 0 Å². The molecule has 1 aliphatic rings. The fourth-order valence-corrected chi connectivity index (χ4v) is 2.47. The lowest BCUT2D eigenvalue weighted by Crippen LogP contribution is -2.39. The highest BCUT2D eigenvalue weighted by Gasteiger charge is 2.23. The predicted molar refractivity (Wildman–Crippen MR) is 79.4 cm³/mol. The summed E-state index contributed by atoms with van der Waals surface area (Å²) in [5.41, 5.74) is 2.73. The van der Waals surface area contributed by atoms with E-state index in [2.05, 4.69) is 15.5 Å². The molecule has 110 valence electrons. The first kappa shape index (κ1) is 13.6. The van der Waals surface area contributed by atoms with Crippen molar-refractivity contribution in [1.82, 2.24) is 10.1 Å². The van der Waals surface area contributed by atoms with Gasteiger partial charge in [0.15, 0.2) is 0 Å². The van der Waals surface area contributed by atoms with E-state index in [9.17, 15) is 4.79 Å². The number of carbonyl (C=O) groups excluding carboxylic acids is 1. The van der Waals surface area contributed by atoms with E-state index in [-0.39, 0.29) is 5.91 Å². The summed E-state index contributed by atoms with van der Waals surface area (Å²) in [5.74, 6) is 1.63. The van der Waals surface area contributed by atoms with E-state index in [4.69, 9.17) is 4.52 Å².